The molecule has 1 fully saturated rings. The Labute approximate surface area is 207 Å². The molecule has 10 heteroatoms. The number of carbonyl (C=O) groups is 1. The van der Waals surface area contributed by atoms with E-state index in [1.807, 2.05) is 12.1 Å². The van der Waals surface area contributed by atoms with Crippen LogP contribution < -0.4 is 19.9 Å². The van der Waals surface area contributed by atoms with Crippen molar-refractivity contribution in [3.8, 4) is 17.2 Å². The van der Waals surface area contributed by atoms with Crippen molar-refractivity contribution >= 4 is 17.7 Å². The molecule has 1 atom stereocenters. The minimum absolute atomic E-state index is 0.0281. The van der Waals surface area contributed by atoms with Crippen molar-refractivity contribution in [2.24, 2.45) is 5.92 Å². The molecule has 2 aliphatic heterocycles. The Kier molecular flexibility index (Phi) is 7.63. The number of carboxylic acids is 1. The van der Waals surface area contributed by atoms with Crippen molar-refractivity contribution in [2.45, 2.75) is 38.7 Å². The molecular weight excluding hydrogens is 477 g/mol. The van der Waals surface area contributed by atoms with Crippen LogP contribution >= 0.6 is 0 Å². The smallest absolute Gasteiger partial charge is 0.425 e. The molecule has 0 aromatic heterocycles. The van der Waals surface area contributed by atoms with Crippen LogP contribution in [0.4, 0.5) is 18.9 Å². The Hall–Kier alpha value is -3.40. The van der Waals surface area contributed by atoms with Gasteiger partial charge in [0.05, 0.1) is 11.6 Å². The molecule has 0 aliphatic carbocycles. The van der Waals surface area contributed by atoms with Gasteiger partial charge in [-0.15, -0.1) is 0 Å². The third-order valence-corrected chi connectivity index (χ3v) is 6.37. The summed E-state index contributed by atoms with van der Waals surface area (Å²) in [6.45, 7) is 3.80. The van der Waals surface area contributed by atoms with Crippen molar-refractivity contribution in [3.05, 3.63) is 53.1 Å². The van der Waals surface area contributed by atoms with Crippen molar-refractivity contribution in [1.29, 1.82) is 0 Å². The molecule has 1 saturated heterocycles. The third-order valence-electron chi connectivity index (χ3n) is 6.37. The standard InChI is InChI=1S/C26H29F3N2O5/c1-16(26(27,28)29)36-23-5-2-17(11-22(23)30)14-34-21-4-3-20-10-18(15-35-24(20)12-21)13-31-8-6-19(7-9-31)25(32)33/h2-5,10-12,16,19H,6-9,13-15,30H2,1H3,(H,32,33)/t16-/m0/s1. The molecular formula is C26H29F3N2O5. The van der Waals surface area contributed by atoms with Gasteiger partial charge in [0.2, 0.25) is 0 Å². The van der Waals surface area contributed by atoms with Gasteiger partial charge in [0, 0.05) is 18.2 Å². The van der Waals surface area contributed by atoms with Gasteiger partial charge >= 0.3 is 12.1 Å². The van der Waals surface area contributed by atoms with Crippen LogP contribution in [0.25, 0.3) is 6.08 Å². The second kappa shape index (κ2) is 10.7. The van der Waals surface area contributed by atoms with E-state index < -0.39 is 18.2 Å². The van der Waals surface area contributed by atoms with E-state index in [1.54, 1.807) is 12.1 Å². The third kappa shape index (κ3) is 6.42. The van der Waals surface area contributed by atoms with Gasteiger partial charge < -0.3 is 25.1 Å². The summed E-state index contributed by atoms with van der Waals surface area (Å²) in [5.74, 6) is 0.292. The van der Waals surface area contributed by atoms with Crippen LogP contribution in [0.1, 0.15) is 30.9 Å². The van der Waals surface area contributed by atoms with Crippen molar-refractivity contribution < 1.29 is 37.3 Å². The highest BCUT2D eigenvalue weighted by atomic mass is 19.4. The lowest BCUT2D eigenvalue weighted by Crippen LogP contribution is -2.38. The quantitative estimate of drug-likeness (QED) is 0.499. The molecule has 0 radical (unpaired) electrons. The number of anilines is 1. The van der Waals surface area contributed by atoms with Crippen molar-refractivity contribution in [1.82, 2.24) is 4.90 Å². The topological polar surface area (TPSA) is 94.2 Å². The second-order valence-electron chi connectivity index (χ2n) is 9.14. The molecule has 3 N–H and O–H groups in total. The molecule has 4 rings (SSSR count). The summed E-state index contributed by atoms with van der Waals surface area (Å²) in [6.07, 6.45) is -3.02. The van der Waals surface area contributed by atoms with Gasteiger partial charge in [0.1, 0.15) is 30.5 Å². The lowest BCUT2D eigenvalue weighted by Gasteiger charge is -2.31. The molecule has 2 aromatic rings. The maximum atomic E-state index is 12.7. The van der Waals surface area contributed by atoms with Crippen LogP contribution in [-0.2, 0) is 11.4 Å². The normalized spacial score (nSPS) is 17.5. The molecule has 36 heavy (non-hydrogen) atoms. The van der Waals surface area contributed by atoms with E-state index in [0.717, 1.165) is 37.7 Å². The first-order valence-corrected chi connectivity index (χ1v) is 11.7. The van der Waals surface area contributed by atoms with Gasteiger partial charge in [-0.3, -0.25) is 9.69 Å². The number of nitrogens with zero attached hydrogens (tertiary/aromatic N) is 1. The molecule has 0 bridgehead atoms. The molecule has 2 heterocycles. The number of hydrogen-bond acceptors (Lipinski definition) is 6. The van der Waals surface area contributed by atoms with Crippen molar-refractivity contribution in [2.75, 3.05) is 32.0 Å². The van der Waals surface area contributed by atoms with Crippen LogP contribution in [0.5, 0.6) is 17.2 Å². The molecule has 7 nitrogen and oxygen atoms in total. The molecule has 2 aromatic carbocycles. The first-order chi connectivity index (χ1) is 17.1. The average molecular weight is 507 g/mol. The van der Waals surface area contributed by atoms with Crippen LogP contribution in [0.15, 0.2) is 42.0 Å². The van der Waals surface area contributed by atoms with E-state index in [4.69, 9.17) is 25.1 Å². The minimum atomic E-state index is -4.47. The molecule has 2 aliphatic rings. The van der Waals surface area contributed by atoms with Gasteiger partial charge in [-0.05, 0) is 74.3 Å². The summed E-state index contributed by atoms with van der Waals surface area (Å²) >= 11 is 0. The fraction of sp³-hybridized carbons (Fsp3) is 0.423. The Morgan fingerprint density at radius 1 is 1.22 bits per heavy atom. The number of fused-ring (bicyclic) bond motifs is 1. The van der Waals surface area contributed by atoms with Gasteiger partial charge in [0.25, 0.3) is 0 Å². The Balaban J connectivity index is 1.32. The first-order valence-electron chi connectivity index (χ1n) is 11.7. The highest BCUT2D eigenvalue weighted by Gasteiger charge is 2.38. The zero-order chi connectivity index (χ0) is 25.9. The lowest BCUT2D eigenvalue weighted by atomic mass is 9.96. The van der Waals surface area contributed by atoms with E-state index >= 15 is 0 Å². The number of aliphatic carboxylic acids is 1. The summed E-state index contributed by atoms with van der Waals surface area (Å²) in [4.78, 5) is 13.4. The first kappa shape index (κ1) is 25.7. The summed E-state index contributed by atoms with van der Waals surface area (Å²) in [6, 6.07) is 10.1. The Morgan fingerprint density at radius 2 is 1.97 bits per heavy atom. The predicted molar refractivity (Wildman–Crippen MR) is 128 cm³/mol. The molecule has 194 valence electrons. The number of benzene rings is 2. The number of likely N-dealkylation sites (tertiary alicyclic amines) is 1. The Bertz CT molecular complexity index is 1130. The maximum absolute atomic E-state index is 12.7. The zero-order valence-electron chi connectivity index (χ0n) is 19.9. The SMILES string of the molecule is C[C@H](Oc1ccc(COc2ccc3c(c2)OCC(CN2CCC(C(=O)O)CC2)=C3)cc1N)C(F)(F)F. The largest absolute Gasteiger partial charge is 0.489 e. The van der Waals surface area contributed by atoms with Gasteiger partial charge in [-0.2, -0.15) is 13.2 Å². The van der Waals surface area contributed by atoms with Crippen LogP contribution in [-0.4, -0.2) is 54.5 Å². The van der Waals surface area contributed by atoms with E-state index in [0.29, 0.717) is 36.5 Å². The van der Waals surface area contributed by atoms with Gasteiger partial charge in [-0.1, -0.05) is 6.07 Å². The lowest BCUT2D eigenvalue weighted by molar-refractivity contribution is -0.189. The highest BCUT2D eigenvalue weighted by molar-refractivity contribution is 5.70. The van der Waals surface area contributed by atoms with E-state index in [2.05, 4.69) is 11.0 Å². The predicted octanol–water partition coefficient (Wildman–Crippen LogP) is 4.75. The zero-order valence-corrected chi connectivity index (χ0v) is 19.9. The van der Waals surface area contributed by atoms with Gasteiger partial charge in [-0.25, -0.2) is 0 Å². The Morgan fingerprint density at radius 3 is 2.64 bits per heavy atom. The number of alkyl halides is 3. The fourth-order valence-electron chi connectivity index (χ4n) is 4.22. The molecule has 0 spiro atoms. The molecule has 0 unspecified atom stereocenters. The van der Waals surface area contributed by atoms with E-state index in [-0.39, 0.29) is 24.0 Å². The maximum Gasteiger partial charge on any atom is 0.425 e. The summed E-state index contributed by atoms with van der Waals surface area (Å²) in [5.41, 5.74) is 8.72. The number of carboxylic acid groups (broad SMARTS) is 1. The highest BCUT2D eigenvalue weighted by Crippen LogP contribution is 2.32. The number of rotatable bonds is 8. The number of ether oxygens (including phenoxy) is 3. The van der Waals surface area contributed by atoms with Crippen LogP contribution in [0.2, 0.25) is 0 Å². The monoisotopic (exact) mass is 506 g/mol. The van der Waals surface area contributed by atoms with Crippen LogP contribution in [0, 0.1) is 5.92 Å². The number of nitrogen functional groups attached to an aromatic ring is 1. The summed E-state index contributed by atoms with van der Waals surface area (Å²) < 4.78 is 54.8. The fourth-order valence-corrected chi connectivity index (χ4v) is 4.22. The number of halogens is 3. The molecule has 0 amide bonds. The minimum Gasteiger partial charge on any atom is -0.489 e. The van der Waals surface area contributed by atoms with Crippen LogP contribution in [0.3, 0.4) is 0 Å². The number of nitrogens with two attached hydrogens (primary N) is 1. The summed E-state index contributed by atoms with van der Waals surface area (Å²) in [7, 11) is 0. The second-order valence-corrected chi connectivity index (χ2v) is 9.14. The van der Waals surface area contributed by atoms with E-state index in [9.17, 15) is 18.0 Å². The van der Waals surface area contributed by atoms with E-state index in [1.165, 1.54) is 12.1 Å². The molecule has 0 saturated carbocycles. The van der Waals surface area contributed by atoms with Crippen molar-refractivity contribution in [3.63, 3.8) is 0 Å². The summed E-state index contributed by atoms with van der Waals surface area (Å²) in [5, 5.41) is 9.15. The average Bonchev–Trinajstić information content (AvgIpc) is 2.84. The van der Waals surface area contributed by atoms with Gasteiger partial charge in [0.15, 0.2) is 6.10 Å². The number of hydrogen-bond donors (Lipinski definition) is 2. The number of piperidine rings is 1.